The van der Waals surface area contributed by atoms with Gasteiger partial charge in [0.25, 0.3) is 0 Å². The fraction of sp³-hybridized carbons (Fsp3) is 0.0870. The molecule has 0 atom stereocenters. The molecule has 152 valence electrons. The molecular weight excluding hydrogens is 464 g/mol. The van der Waals surface area contributed by atoms with E-state index in [-0.39, 0.29) is 0 Å². The lowest BCUT2D eigenvalue weighted by molar-refractivity contribution is 0.284. The molecule has 3 aromatic rings. The highest BCUT2D eigenvalue weighted by Gasteiger charge is 2.14. The van der Waals surface area contributed by atoms with Gasteiger partial charge in [-0.2, -0.15) is 5.26 Å². The number of nitrogens with zero attached hydrogens (tertiary/aromatic N) is 1. The van der Waals surface area contributed by atoms with Gasteiger partial charge < -0.3 is 9.47 Å². The van der Waals surface area contributed by atoms with Gasteiger partial charge in [0.2, 0.25) is 0 Å². The molecule has 3 aromatic carbocycles. The second kappa shape index (κ2) is 10.1. The molecule has 0 unspecified atom stereocenters. The molecule has 0 saturated carbocycles. The van der Waals surface area contributed by atoms with Gasteiger partial charge >= 0.3 is 0 Å². The predicted octanol–water partition coefficient (Wildman–Crippen LogP) is 7.95. The molecule has 0 heterocycles. The van der Waals surface area contributed by atoms with E-state index in [9.17, 15) is 5.26 Å². The fourth-order valence-corrected chi connectivity index (χ4v) is 3.65. The molecule has 0 radical (unpaired) electrons. The van der Waals surface area contributed by atoms with Crippen LogP contribution in [-0.2, 0) is 6.61 Å². The zero-order valence-electron chi connectivity index (χ0n) is 15.8. The van der Waals surface area contributed by atoms with Crippen molar-refractivity contribution in [3.05, 3.63) is 91.4 Å². The molecule has 0 saturated heterocycles. The molecule has 0 amide bonds. The summed E-state index contributed by atoms with van der Waals surface area (Å²) in [5, 5.41) is 11.5. The normalized spacial score (nSPS) is 11.1. The lowest BCUT2D eigenvalue weighted by atomic mass is 10.0. The quantitative estimate of drug-likeness (QED) is 0.266. The van der Waals surface area contributed by atoms with Crippen molar-refractivity contribution in [1.82, 2.24) is 0 Å². The van der Waals surface area contributed by atoms with Gasteiger partial charge in [-0.3, -0.25) is 0 Å². The first kappa shape index (κ1) is 22.3. The van der Waals surface area contributed by atoms with Crippen LogP contribution >= 0.6 is 46.4 Å². The SMILES string of the molecule is COc1cc(/C=C(\C#N)c2ccc(Cl)cc2Cl)cc(Cl)c1OCc1ccc(Cl)cc1. The van der Waals surface area contributed by atoms with E-state index in [0.29, 0.717) is 54.9 Å². The average molecular weight is 479 g/mol. The number of nitriles is 1. The Morgan fingerprint density at radius 1 is 0.933 bits per heavy atom. The Balaban J connectivity index is 1.91. The minimum atomic E-state index is 0.298. The predicted molar refractivity (Wildman–Crippen MR) is 124 cm³/mol. The lowest BCUT2D eigenvalue weighted by Gasteiger charge is -2.14. The largest absolute Gasteiger partial charge is 0.493 e. The monoisotopic (exact) mass is 477 g/mol. The van der Waals surface area contributed by atoms with Crippen LogP contribution in [0.1, 0.15) is 16.7 Å². The topological polar surface area (TPSA) is 42.2 Å². The van der Waals surface area contributed by atoms with Crippen LogP contribution in [0.2, 0.25) is 20.1 Å². The fourth-order valence-electron chi connectivity index (χ4n) is 2.74. The number of methoxy groups -OCH3 is 1. The third kappa shape index (κ3) is 5.41. The van der Waals surface area contributed by atoms with Crippen LogP contribution < -0.4 is 9.47 Å². The highest BCUT2D eigenvalue weighted by molar-refractivity contribution is 6.36. The van der Waals surface area contributed by atoms with Crippen molar-refractivity contribution in [1.29, 1.82) is 5.26 Å². The van der Waals surface area contributed by atoms with Gasteiger partial charge in [0.15, 0.2) is 11.5 Å². The van der Waals surface area contributed by atoms with Crippen LogP contribution in [0.15, 0.2) is 54.6 Å². The van der Waals surface area contributed by atoms with Crippen molar-refractivity contribution in [3.8, 4) is 17.6 Å². The number of benzene rings is 3. The van der Waals surface area contributed by atoms with E-state index in [0.717, 1.165) is 5.56 Å². The van der Waals surface area contributed by atoms with Crippen molar-refractivity contribution in [3.63, 3.8) is 0 Å². The van der Waals surface area contributed by atoms with Gasteiger partial charge in [-0.25, -0.2) is 0 Å². The van der Waals surface area contributed by atoms with Gasteiger partial charge in [0.05, 0.1) is 28.8 Å². The summed E-state index contributed by atoms with van der Waals surface area (Å²) in [6.07, 6.45) is 1.67. The van der Waals surface area contributed by atoms with E-state index in [1.807, 2.05) is 12.1 Å². The van der Waals surface area contributed by atoms with E-state index >= 15 is 0 Å². The van der Waals surface area contributed by atoms with E-state index in [4.69, 9.17) is 55.9 Å². The Morgan fingerprint density at radius 3 is 2.27 bits per heavy atom. The Bertz CT molecular complexity index is 1140. The summed E-state index contributed by atoms with van der Waals surface area (Å²) in [5.74, 6) is 0.858. The molecule has 0 N–H and O–H groups in total. The van der Waals surface area contributed by atoms with Crippen LogP contribution in [-0.4, -0.2) is 7.11 Å². The molecule has 7 heteroatoms. The second-order valence-corrected chi connectivity index (χ2v) is 7.93. The molecule has 0 aliphatic heterocycles. The molecule has 3 rings (SSSR count). The van der Waals surface area contributed by atoms with Gasteiger partial charge in [-0.1, -0.05) is 64.6 Å². The Labute approximate surface area is 195 Å². The number of hydrogen-bond acceptors (Lipinski definition) is 3. The first-order chi connectivity index (χ1) is 14.4. The zero-order valence-corrected chi connectivity index (χ0v) is 18.8. The standard InChI is InChI=1S/C23H15Cl4NO2/c1-29-22-10-15(8-16(12-28)19-7-6-18(25)11-20(19)26)9-21(27)23(22)30-13-14-2-4-17(24)5-3-14/h2-11H,13H2,1H3/b16-8+. The van der Waals surface area contributed by atoms with Crippen LogP contribution in [0.5, 0.6) is 11.5 Å². The maximum atomic E-state index is 9.61. The first-order valence-corrected chi connectivity index (χ1v) is 10.2. The van der Waals surface area contributed by atoms with Gasteiger partial charge in [-0.15, -0.1) is 0 Å². The van der Waals surface area contributed by atoms with Crippen LogP contribution in [0.4, 0.5) is 0 Å². The van der Waals surface area contributed by atoms with Crippen molar-refractivity contribution < 1.29 is 9.47 Å². The van der Waals surface area contributed by atoms with E-state index in [1.165, 1.54) is 7.11 Å². The summed E-state index contributed by atoms with van der Waals surface area (Å²) in [6.45, 7) is 0.298. The first-order valence-electron chi connectivity index (χ1n) is 8.73. The summed E-state index contributed by atoms with van der Waals surface area (Å²) in [6, 6.07) is 17.9. The molecule has 3 nitrogen and oxygen atoms in total. The maximum Gasteiger partial charge on any atom is 0.180 e. The highest BCUT2D eigenvalue weighted by atomic mass is 35.5. The van der Waals surface area contributed by atoms with E-state index < -0.39 is 0 Å². The average Bonchev–Trinajstić information content (AvgIpc) is 2.72. The van der Waals surface area contributed by atoms with Crippen LogP contribution in [0, 0.1) is 11.3 Å². The van der Waals surface area contributed by atoms with Crippen LogP contribution in [0.3, 0.4) is 0 Å². The van der Waals surface area contributed by atoms with Gasteiger partial charge in [-0.05, 0) is 53.6 Å². The molecule has 0 aliphatic carbocycles. The Morgan fingerprint density at radius 2 is 1.63 bits per heavy atom. The maximum absolute atomic E-state index is 9.61. The number of ether oxygens (including phenoxy) is 2. The summed E-state index contributed by atoms with van der Waals surface area (Å²) < 4.78 is 11.3. The van der Waals surface area contributed by atoms with Crippen LogP contribution in [0.25, 0.3) is 11.6 Å². The van der Waals surface area contributed by atoms with E-state index in [1.54, 1.807) is 48.5 Å². The molecule has 0 aromatic heterocycles. The molecule has 0 aliphatic rings. The molecule has 30 heavy (non-hydrogen) atoms. The zero-order chi connectivity index (χ0) is 21.7. The van der Waals surface area contributed by atoms with E-state index in [2.05, 4.69) is 6.07 Å². The Kier molecular flexibility index (Phi) is 7.53. The number of rotatable bonds is 6. The van der Waals surface area contributed by atoms with Crippen molar-refractivity contribution >= 4 is 58.1 Å². The van der Waals surface area contributed by atoms with Gasteiger partial charge in [0.1, 0.15) is 6.61 Å². The molecular formula is C23H15Cl4NO2. The van der Waals surface area contributed by atoms with Crippen molar-refractivity contribution in [2.75, 3.05) is 7.11 Å². The summed E-state index contributed by atoms with van der Waals surface area (Å²) in [5.41, 5.74) is 2.54. The summed E-state index contributed by atoms with van der Waals surface area (Å²) in [7, 11) is 1.52. The summed E-state index contributed by atoms with van der Waals surface area (Å²) in [4.78, 5) is 0. The van der Waals surface area contributed by atoms with Crippen molar-refractivity contribution in [2.24, 2.45) is 0 Å². The minimum Gasteiger partial charge on any atom is -0.493 e. The Hall–Kier alpha value is -2.35. The smallest absolute Gasteiger partial charge is 0.180 e. The molecule has 0 bridgehead atoms. The third-order valence-corrected chi connectivity index (χ3v) is 5.28. The molecule has 0 fully saturated rings. The summed E-state index contributed by atoms with van der Waals surface area (Å²) >= 11 is 24.5. The van der Waals surface area contributed by atoms with Crippen molar-refractivity contribution in [2.45, 2.75) is 6.61 Å². The van der Waals surface area contributed by atoms with Gasteiger partial charge in [0, 0.05) is 15.6 Å². The lowest BCUT2D eigenvalue weighted by Crippen LogP contribution is -1.99. The number of hydrogen-bond donors (Lipinski definition) is 0. The third-order valence-electron chi connectivity index (χ3n) is 4.20. The minimum absolute atomic E-state index is 0.298. The molecule has 0 spiro atoms. The highest BCUT2D eigenvalue weighted by Crippen LogP contribution is 2.38. The second-order valence-electron chi connectivity index (χ2n) is 6.24. The number of halogens is 4. The number of allylic oxidation sites excluding steroid dienone is 1.